The Kier molecular flexibility index (Phi) is 5.75. The second-order valence-electron chi connectivity index (χ2n) is 9.28. The maximum Gasteiger partial charge on any atom is 0.291 e. The van der Waals surface area contributed by atoms with E-state index in [0.717, 1.165) is 0 Å². The first kappa shape index (κ1) is 24.5. The molecule has 1 aliphatic heterocycles. The van der Waals surface area contributed by atoms with Crippen molar-refractivity contribution in [1.29, 1.82) is 5.26 Å². The minimum Gasteiger partial charge on any atom is -0.355 e. The van der Waals surface area contributed by atoms with Gasteiger partial charge in [-0.1, -0.05) is 17.4 Å². The minimum atomic E-state index is -4.06. The highest BCUT2D eigenvalue weighted by Gasteiger charge is 2.47. The van der Waals surface area contributed by atoms with E-state index in [9.17, 15) is 22.5 Å². The van der Waals surface area contributed by atoms with Crippen LogP contribution in [0.1, 0.15) is 37.1 Å². The van der Waals surface area contributed by atoms with Crippen molar-refractivity contribution in [2.45, 2.75) is 48.6 Å². The summed E-state index contributed by atoms with van der Waals surface area (Å²) in [6, 6.07) is 6.45. The lowest BCUT2D eigenvalue weighted by Crippen LogP contribution is -2.35. The summed E-state index contributed by atoms with van der Waals surface area (Å²) in [5, 5.41) is 17.8. The van der Waals surface area contributed by atoms with Gasteiger partial charge in [0.15, 0.2) is 10.7 Å². The third-order valence-corrected chi connectivity index (χ3v) is 9.31. The van der Waals surface area contributed by atoms with E-state index < -0.39 is 27.0 Å². The molecule has 4 aromatic rings. The van der Waals surface area contributed by atoms with Gasteiger partial charge in [-0.15, -0.1) is 10.2 Å². The zero-order valence-corrected chi connectivity index (χ0v) is 21.3. The second kappa shape index (κ2) is 8.90. The molecule has 2 fully saturated rings. The summed E-state index contributed by atoms with van der Waals surface area (Å²) < 4.78 is 57.1. The summed E-state index contributed by atoms with van der Waals surface area (Å²) in [7, 11) is -4.06. The first-order valence-corrected chi connectivity index (χ1v) is 14.0. The molecule has 194 valence electrons. The van der Waals surface area contributed by atoms with Crippen molar-refractivity contribution in [2.75, 3.05) is 18.0 Å². The van der Waals surface area contributed by atoms with Crippen LogP contribution in [0.5, 0.6) is 0 Å². The summed E-state index contributed by atoms with van der Waals surface area (Å²) in [5.74, 6) is 0.607. The molecule has 0 radical (unpaired) electrons. The van der Waals surface area contributed by atoms with Gasteiger partial charge in [0.25, 0.3) is 6.43 Å². The van der Waals surface area contributed by atoms with Crippen LogP contribution in [0.15, 0.2) is 29.4 Å². The second-order valence-corrected chi connectivity index (χ2v) is 12.0. The molecule has 11 nitrogen and oxygen atoms in total. The van der Waals surface area contributed by atoms with Crippen LogP contribution in [0.25, 0.3) is 31.9 Å². The normalized spacial score (nSPS) is 17.7. The number of nitriles is 1. The fourth-order valence-electron chi connectivity index (χ4n) is 4.69. The number of hydrogen-bond donors (Lipinski definition) is 1. The molecule has 2 aliphatic rings. The quantitative estimate of drug-likeness (QED) is 0.357. The van der Waals surface area contributed by atoms with Crippen LogP contribution in [0.4, 0.5) is 14.6 Å². The number of halogens is 2. The van der Waals surface area contributed by atoms with E-state index in [0.29, 0.717) is 77.9 Å². The van der Waals surface area contributed by atoms with Gasteiger partial charge in [0.2, 0.25) is 21.2 Å². The molecule has 1 saturated heterocycles. The molecular weight excluding hydrogens is 536 g/mol. The van der Waals surface area contributed by atoms with Crippen molar-refractivity contribution in [1.82, 2.24) is 29.5 Å². The minimum absolute atomic E-state index is 0.0532. The Labute approximate surface area is 219 Å². The Balaban J connectivity index is 1.56. The summed E-state index contributed by atoms with van der Waals surface area (Å²) in [6.45, 7) is 8.53. The fourth-order valence-corrected chi connectivity index (χ4v) is 6.80. The summed E-state index contributed by atoms with van der Waals surface area (Å²) in [6.07, 6.45) is 0.758. The molecule has 3 aromatic heterocycles. The number of nitrogens with one attached hydrogen (secondary N) is 1. The number of benzene rings is 1. The summed E-state index contributed by atoms with van der Waals surface area (Å²) >= 11 is 0.685. The number of rotatable bonds is 6. The predicted molar refractivity (Wildman–Crippen MR) is 135 cm³/mol. The zero-order valence-electron chi connectivity index (χ0n) is 19.7. The van der Waals surface area contributed by atoms with E-state index in [1.54, 1.807) is 6.07 Å². The highest BCUT2D eigenvalue weighted by Crippen LogP contribution is 2.40. The average molecular weight is 556 g/mol. The fraction of sp³-hybridized carbons (Fsp3) is 0.391. The molecule has 1 aliphatic carbocycles. The highest BCUT2D eigenvalue weighted by atomic mass is 32.2. The maximum atomic E-state index is 13.4. The molecule has 38 heavy (non-hydrogen) atoms. The van der Waals surface area contributed by atoms with Crippen molar-refractivity contribution in [3.8, 4) is 11.2 Å². The topological polar surface area (TPSA) is 134 Å². The van der Waals surface area contributed by atoms with Gasteiger partial charge in [0, 0.05) is 31.3 Å². The molecular formula is C23H19F2N9O2S2. The summed E-state index contributed by atoms with van der Waals surface area (Å²) in [4.78, 5) is 14.6. The molecule has 0 bridgehead atoms. The van der Waals surface area contributed by atoms with Crippen molar-refractivity contribution >= 4 is 49.1 Å². The average Bonchev–Trinajstić information content (AvgIpc) is 3.36. The van der Waals surface area contributed by atoms with Gasteiger partial charge < -0.3 is 9.74 Å². The van der Waals surface area contributed by atoms with Gasteiger partial charge in [-0.05, 0) is 25.0 Å². The lowest BCUT2D eigenvalue weighted by molar-refractivity contribution is 0.150. The molecule has 0 atom stereocenters. The van der Waals surface area contributed by atoms with Crippen LogP contribution >= 0.6 is 11.3 Å². The number of sulfonamides is 1. The van der Waals surface area contributed by atoms with E-state index in [1.165, 1.54) is 23.0 Å². The Hall–Kier alpha value is -3.79. The molecule has 6 rings (SSSR count). The van der Waals surface area contributed by atoms with Crippen LogP contribution in [0.2, 0.25) is 0 Å². The number of alkyl halides is 2. The van der Waals surface area contributed by atoms with E-state index in [2.05, 4.69) is 34.6 Å². The van der Waals surface area contributed by atoms with Gasteiger partial charge in [-0.25, -0.2) is 33.7 Å². The molecule has 0 amide bonds. The summed E-state index contributed by atoms with van der Waals surface area (Å²) in [5.41, 5.74) is -0.367. The zero-order chi connectivity index (χ0) is 26.7. The smallest absolute Gasteiger partial charge is 0.291 e. The van der Waals surface area contributed by atoms with E-state index >= 15 is 0 Å². The van der Waals surface area contributed by atoms with Crippen molar-refractivity contribution in [3.05, 3.63) is 41.0 Å². The lowest BCUT2D eigenvalue weighted by Gasteiger charge is -2.28. The first-order valence-electron chi connectivity index (χ1n) is 11.7. The monoisotopic (exact) mass is 555 g/mol. The number of nitrogens with zero attached hydrogens (tertiary/aromatic N) is 8. The molecule has 4 heterocycles. The highest BCUT2D eigenvalue weighted by molar-refractivity contribution is 7.89. The van der Waals surface area contributed by atoms with E-state index in [1.807, 2.05) is 6.07 Å². The van der Waals surface area contributed by atoms with Crippen LogP contribution in [0, 0.1) is 17.9 Å². The number of fused-ring (bicyclic) bond motifs is 3. The van der Waals surface area contributed by atoms with Gasteiger partial charge in [0.05, 0.1) is 21.9 Å². The molecule has 0 unspecified atom stereocenters. The molecule has 0 spiro atoms. The van der Waals surface area contributed by atoms with E-state index in [-0.39, 0.29) is 16.1 Å². The maximum absolute atomic E-state index is 13.4. The van der Waals surface area contributed by atoms with E-state index in [4.69, 9.17) is 6.57 Å². The predicted octanol–water partition coefficient (Wildman–Crippen LogP) is 3.59. The van der Waals surface area contributed by atoms with Crippen molar-refractivity contribution < 1.29 is 17.2 Å². The molecule has 1 saturated carbocycles. The van der Waals surface area contributed by atoms with Crippen molar-refractivity contribution in [3.63, 3.8) is 0 Å². The Morgan fingerprint density at radius 1 is 1.24 bits per heavy atom. The number of anilines is 1. The largest absolute Gasteiger partial charge is 0.355 e. The lowest BCUT2D eigenvalue weighted by atomic mass is 10.1. The number of piperidine rings is 1. The van der Waals surface area contributed by atoms with Crippen LogP contribution in [-0.2, 0) is 10.0 Å². The van der Waals surface area contributed by atoms with Crippen LogP contribution in [-0.4, -0.2) is 57.8 Å². The number of hydrogen-bond acceptors (Lipinski definition) is 9. The Morgan fingerprint density at radius 2 is 2.00 bits per heavy atom. The molecule has 15 heteroatoms. The van der Waals surface area contributed by atoms with Gasteiger partial charge in [-0.2, -0.15) is 9.98 Å². The number of aromatic nitrogens is 5. The Bertz CT molecular complexity index is 1760. The van der Waals surface area contributed by atoms with Crippen molar-refractivity contribution in [2.24, 2.45) is 0 Å². The van der Waals surface area contributed by atoms with Crippen LogP contribution in [0.3, 0.4) is 0 Å². The first-order chi connectivity index (χ1) is 18.2. The van der Waals surface area contributed by atoms with Crippen LogP contribution < -0.4 is 9.62 Å². The third kappa shape index (κ3) is 4.03. The van der Waals surface area contributed by atoms with Gasteiger partial charge in [-0.3, -0.25) is 4.57 Å². The SMILES string of the molecule is [C-]#[N+]C1CCN(c2ncnc3c2c2ccc(S(=O)(=O)NC4(C#N)CC4)cc2n3-c2nnc(C(F)F)s2)CC1. The van der Waals surface area contributed by atoms with Gasteiger partial charge in [0.1, 0.15) is 17.7 Å². The Morgan fingerprint density at radius 3 is 2.63 bits per heavy atom. The molecule has 1 aromatic carbocycles. The van der Waals surface area contributed by atoms with Gasteiger partial charge >= 0.3 is 0 Å². The standard InChI is InChI=1S/C23H19F2N9O2S2/c1-27-13-4-8-33(9-5-13)19-17-15-3-2-14(38(35,36)32-23(11-26)6-7-23)10-16(15)34(20(17)29-12-28-19)22-31-30-21(37-22)18(24)25/h2-3,10,12-13,18,32H,4-9H2. The third-order valence-electron chi connectivity index (χ3n) is 6.86. The molecule has 1 N–H and O–H groups in total.